The van der Waals surface area contributed by atoms with Gasteiger partial charge in [0.1, 0.15) is 0 Å². The molecular weight excluding hydrogens is 338 g/mol. The topological polar surface area (TPSA) is 60.9 Å². The number of sulfonamides is 1. The molecule has 25 heavy (non-hydrogen) atoms. The highest BCUT2D eigenvalue weighted by atomic mass is 32.2. The zero-order chi connectivity index (χ0) is 18.4. The van der Waals surface area contributed by atoms with Gasteiger partial charge in [0, 0.05) is 39.3 Å². The van der Waals surface area contributed by atoms with Gasteiger partial charge in [0.25, 0.3) is 0 Å². The van der Waals surface area contributed by atoms with Crippen molar-refractivity contribution in [3.63, 3.8) is 0 Å². The Morgan fingerprint density at radius 3 is 2.24 bits per heavy atom. The number of benzene rings is 1. The third-order valence-corrected chi connectivity index (χ3v) is 5.80. The van der Waals surface area contributed by atoms with E-state index in [4.69, 9.17) is 0 Å². The summed E-state index contributed by atoms with van der Waals surface area (Å²) < 4.78 is 24.6. The van der Waals surface area contributed by atoms with Gasteiger partial charge >= 0.3 is 0 Å². The molecule has 1 aliphatic heterocycles. The molecule has 0 N–H and O–H groups in total. The standard InChI is InChI=1S/C18H29N3O3S/c1-4-9-20(14-17-7-5-16(2)6-8-17)18(22)15-19-10-12-21(13-11-19)25(3,23)24/h5-8H,4,9-15H2,1-3H3. The highest BCUT2D eigenvalue weighted by Gasteiger charge is 2.25. The molecule has 0 spiro atoms. The van der Waals surface area contributed by atoms with Gasteiger partial charge in [-0.3, -0.25) is 9.69 Å². The molecule has 0 radical (unpaired) electrons. The van der Waals surface area contributed by atoms with Crippen LogP contribution in [0, 0.1) is 6.92 Å². The van der Waals surface area contributed by atoms with E-state index in [2.05, 4.69) is 38.1 Å². The Labute approximate surface area is 151 Å². The molecule has 140 valence electrons. The molecule has 0 saturated carbocycles. The van der Waals surface area contributed by atoms with Gasteiger partial charge in [0.05, 0.1) is 12.8 Å². The summed E-state index contributed by atoms with van der Waals surface area (Å²) >= 11 is 0. The number of rotatable bonds is 7. The van der Waals surface area contributed by atoms with Crippen molar-refractivity contribution in [3.8, 4) is 0 Å². The van der Waals surface area contributed by atoms with Crippen LogP contribution in [0.1, 0.15) is 24.5 Å². The van der Waals surface area contributed by atoms with Crippen LogP contribution in [0.5, 0.6) is 0 Å². The number of piperazine rings is 1. The minimum absolute atomic E-state index is 0.107. The number of hydrogen-bond donors (Lipinski definition) is 0. The second-order valence-corrected chi connectivity index (χ2v) is 8.72. The number of amides is 1. The van der Waals surface area contributed by atoms with Crippen LogP contribution in [0.2, 0.25) is 0 Å². The van der Waals surface area contributed by atoms with Gasteiger partial charge in [0.2, 0.25) is 15.9 Å². The van der Waals surface area contributed by atoms with Gasteiger partial charge in [-0.1, -0.05) is 36.8 Å². The number of nitrogens with zero attached hydrogens (tertiary/aromatic N) is 3. The maximum Gasteiger partial charge on any atom is 0.237 e. The van der Waals surface area contributed by atoms with Crippen molar-refractivity contribution in [3.05, 3.63) is 35.4 Å². The van der Waals surface area contributed by atoms with Gasteiger partial charge in [-0.25, -0.2) is 8.42 Å². The predicted octanol–water partition coefficient (Wildman–Crippen LogP) is 1.31. The first-order valence-electron chi connectivity index (χ1n) is 8.80. The Balaban J connectivity index is 1.91. The zero-order valence-electron chi connectivity index (χ0n) is 15.4. The van der Waals surface area contributed by atoms with Crippen molar-refractivity contribution >= 4 is 15.9 Å². The molecule has 7 heteroatoms. The lowest BCUT2D eigenvalue weighted by Crippen LogP contribution is -2.51. The number of carbonyl (C=O) groups is 1. The van der Waals surface area contributed by atoms with Gasteiger partial charge in [-0.05, 0) is 18.9 Å². The lowest BCUT2D eigenvalue weighted by Gasteiger charge is -2.34. The van der Waals surface area contributed by atoms with Crippen LogP contribution in [0.25, 0.3) is 0 Å². The highest BCUT2D eigenvalue weighted by molar-refractivity contribution is 7.88. The first-order chi connectivity index (χ1) is 11.8. The van der Waals surface area contributed by atoms with E-state index >= 15 is 0 Å². The van der Waals surface area contributed by atoms with Crippen LogP contribution in [0.3, 0.4) is 0 Å². The Morgan fingerprint density at radius 2 is 1.72 bits per heavy atom. The van der Waals surface area contributed by atoms with Crippen molar-refractivity contribution < 1.29 is 13.2 Å². The van der Waals surface area contributed by atoms with Crippen LogP contribution in [0.15, 0.2) is 24.3 Å². The van der Waals surface area contributed by atoms with Crippen LogP contribution in [0.4, 0.5) is 0 Å². The van der Waals surface area contributed by atoms with E-state index in [0.29, 0.717) is 39.3 Å². The quantitative estimate of drug-likeness (QED) is 0.729. The lowest BCUT2D eigenvalue weighted by atomic mass is 10.1. The summed E-state index contributed by atoms with van der Waals surface area (Å²) in [6.07, 6.45) is 2.15. The van der Waals surface area contributed by atoms with Crippen molar-refractivity contribution in [2.45, 2.75) is 26.8 Å². The average Bonchev–Trinajstić information content (AvgIpc) is 2.56. The third kappa shape index (κ3) is 6.09. The summed E-state index contributed by atoms with van der Waals surface area (Å²) in [4.78, 5) is 16.6. The summed E-state index contributed by atoms with van der Waals surface area (Å²) in [5, 5.41) is 0. The molecule has 0 unspecified atom stereocenters. The summed E-state index contributed by atoms with van der Waals surface area (Å²) in [7, 11) is -3.14. The molecule has 0 aromatic heterocycles. The van der Waals surface area contributed by atoms with Crippen LogP contribution in [-0.4, -0.2) is 74.0 Å². The molecule has 1 aromatic rings. The fourth-order valence-corrected chi connectivity index (χ4v) is 3.81. The Bertz CT molecular complexity index is 665. The normalized spacial score (nSPS) is 16.8. The van der Waals surface area contributed by atoms with E-state index in [1.54, 1.807) is 0 Å². The van der Waals surface area contributed by atoms with E-state index in [9.17, 15) is 13.2 Å². The maximum absolute atomic E-state index is 12.7. The molecule has 1 saturated heterocycles. The molecule has 1 aliphatic rings. The fourth-order valence-electron chi connectivity index (χ4n) is 2.99. The monoisotopic (exact) mass is 367 g/mol. The fraction of sp³-hybridized carbons (Fsp3) is 0.611. The first-order valence-corrected chi connectivity index (χ1v) is 10.6. The summed E-state index contributed by atoms with van der Waals surface area (Å²) in [6.45, 7) is 7.94. The van der Waals surface area contributed by atoms with E-state index in [-0.39, 0.29) is 5.91 Å². The van der Waals surface area contributed by atoms with Gasteiger partial charge in [-0.2, -0.15) is 4.31 Å². The molecule has 1 aromatic carbocycles. The minimum atomic E-state index is -3.14. The minimum Gasteiger partial charge on any atom is -0.337 e. The molecule has 0 aliphatic carbocycles. The zero-order valence-corrected chi connectivity index (χ0v) is 16.3. The van der Waals surface area contributed by atoms with Gasteiger partial charge in [-0.15, -0.1) is 0 Å². The van der Waals surface area contributed by atoms with Crippen LogP contribution < -0.4 is 0 Å². The predicted molar refractivity (Wildman–Crippen MR) is 99.7 cm³/mol. The third-order valence-electron chi connectivity index (χ3n) is 4.50. The first kappa shape index (κ1) is 19.9. The molecule has 6 nitrogen and oxygen atoms in total. The lowest BCUT2D eigenvalue weighted by molar-refractivity contribution is -0.133. The Kier molecular flexibility index (Phi) is 6.98. The van der Waals surface area contributed by atoms with Crippen molar-refractivity contribution in [2.75, 3.05) is 45.5 Å². The van der Waals surface area contributed by atoms with Crippen molar-refractivity contribution in [2.24, 2.45) is 0 Å². The number of hydrogen-bond acceptors (Lipinski definition) is 4. The molecular formula is C18H29N3O3S. The maximum atomic E-state index is 12.7. The Hall–Kier alpha value is -1.44. The van der Waals surface area contributed by atoms with E-state index in [1.807, 2.05) is 9.80 Å². The largest absolute Gasteiger partial charge is 0.337 e. The van der Waals surface area contributed by atoms with E-state index in [1.165, 1.54) is 16.1 Å². The smallest absolute Gasteiger partial charge is 0.237 e. The van der Waals surface area contributed by atoms with E-state index < -0.39 is 10.0 Å². The molecule has 1 heterocycles. The second-order valence-electron chi connectivity index (χ2n) is 6.74. The highest BCUT2D eigenvalue weighted by Crippen LogP contribution is 2.10. The summed E-state index contributed by atoms with van der Waals surface area (Å²) in [6, 6.07) is 8.26. The number of carbonyl (C=O) groups excluding carboxylic acids is 1. The van der Waals surface area contributed by atoms with Gasteiger partial charge in [0.15, 0.2) is 0 Å². The van der Waals surface area contributed by atoms with Crippen molar-refractivity contribution in [1.82, 2.24) is 14.1 Å². The molecule has 0 bridgehead atoms. The average molecular weight is 368 g/mol. The van der Waals surface area contributed by atoms with Crippen LogP contribution >= 0.6 is 0 Å². The molecule has 2 rings (SSSR count). The number of aryl methyl sites for hydroxylation is 1. The van der Waals surface area contributed by atoms with Crippen LogP contribution in [-0.2, 0) is 21.4 Å². The molecule has 1 amide bonds. The second kappa shape index (κ2) is 8.78. The van der Waals surface area contributed by atoms with E-state index in [0.717, 1.165) is 18.5 Å². The van der Waals surface area contributed by atoms with Gasteiger partial charge < -0.3 is 4.90 Å². The molecule has 0 atom stereocenters. The summed E-state index contributed by atoms with van der Waals surface area (Å²) in [5.74, 6) is 0.107. The molecule has 1 fully saturated rings. The SMILES string of the molecule is CCCN(Cc1ccc(C)cc1)C(=O)CN1CCN(S(C)(=O)=O)CC1. The Morgan fingerprint density at radius 1 is 1.12 bits per heavy atom. The summed E-state index contributed by atoms with van der Waals surface area (Å²) in [5.41, 5.74) is 2.34. The van der Waals surface area contributed by atoms with Crippen molar-refractivity contribution in [1.29, 1.82) is 0 Å².